The average molecular weight is 579 g/mol. The number of carboxylic acid groups (broad SMARTS) is 1. The maximum atomic E-state index is 13.7. The fraction of sp³-hybridized carbons (Fsp3) is 0.400. The number of anilines is 2. The number of hydrogen-bond donors (Lipinski definition) is 2. The van der Waals surface area contributed by atoms with Crippen LogP contribution in [-0.4, -0.2) is 69.6 Å². The molecule has 0 spiro atoms. The van der Waals surface area contributed by atoms with Crippen molar-refractivity contribution in [3.8, 4) is 0 Å². The molecule has 1 atom stereocenters. The standard InChI is InChI=1S/C30H33F3N4O4.Li.H/c1-29(2,3)41-28(40)37-15-14-22(18-37)20-8-11-23(12-9-20)35-27-34-17-24(30(31,32)33)25(36-27)13-10-19-6-4-5-7-21(19)16-26(38)39;;/h4-9,11-12,17,22H,10,13-16,18H2,1-3H3,(H,38,39)(H,34,35,36);;. The number of rotatable bonds is 8. The Hall–Kier alpha value is -3.55. The summed E-state index contributed by atoms with van der Waals surface area (Å²) in [6, 6.07) is 14.2. The predicted molar refractivity (Wildman–Crippen MR) is 154 cm³/mol. The molecule has 1 unspecified atom stereocenters. The number of carbonyl (C=O) groups excluding carboxylic acids is 1. The molecule has 8 nitrogen and oxygen atoms in total. The van der Waals surface area contributed by atoms with Crippen LogP contribution in [0.1, 0.15) is 61.1 Å². The molecule has 1 aliphatic heterocycles. The van der Waals surface area contributed by atoms with Crippen LogP contribution in [0.3, 0.4) is 0 Å². The zero-order valence-electron chi connectivity index (χ0n) is 23.2. The molecule has 2 N–H and O–H groups in total. The Morgan fingerprint density at radius 3 is 2.33 bits per heavy atom. The molecule has 2 aromatic carbocycles. The van der Waals surface area contributed by atoms with Crippen LogP contribution in [-0.2, 0) is 35.0 Å². The molecule has 1 saturated heterocycles. The minimum absolute atomic E-state index is 0. The van der Waals surface area contributed by atoms with Crippen molar-refractivity contribution >= 4 is 42.6 Å². The molecule has 0 saturated carbocycles. The van der Waals surface area contributed by atoms with E-state index in [0.717, 1.165) is 18.2 Å². The molecule has 0 aliphatic carbocycles. The predicted octanol–water partition coefficient (Wildman–Crippen LogP) is 5.73. The van der Waals surface area contributed by atoms with Crippen LogP contribution in [0.4, 0.5) is 29.6 Å². The Labute approximate surface area is 254 Å². The first-order chi connectivity index (χ1) is 19.3. The molecule has 220 valence electrons. The van der Waals surface area contributed by atoms with Crippen molar-refractivity contribution in [2.75, 3.05) is 18.4 Å². The minimum atomic E-state index is -4.63. The summed E-state index contributed by atoms with van der Waals surface area (Å²) in [6.45, 7) is 6.63. The zero-order chi connectivity index (χ0) is 29.8. The third-order valence-corrected chi connectivity index (χ3v) is 6.74. The Morgan fingerprint density at radius 2 is 1.71 bits per heavy atom. The third kappa shape index (κ3) is 8.97. The van der Waals surface area contributed by atoms with Gasteiger partial charge in [0.15, 0.2) is 0 Å². The molecular weight excluding hydrogens is 544 g/mol. The number of ether oxygens (including phenoxy) is 1. The van der Waals surface area contributed by atoms with Crippen LogP contribution in [0.2, 0.25) is 0 Å². The molecule has 1 amide bonds. The number of nitrogens with one attached hydrogen (secondary N) is 1. The monoisotopic (exact) mass is 578 g/mol. The van der Waals surface area contributed by atoms with E-state index in [9.17, 15) is 22.8 Å². The van der Waals surface area contributed by atoms with Crippen LogP contribution in [0.5, 0.6) is 0 Å². The van der Waals surface area contributed by atoms with Gasteiger partial charge < -0.3 is 20.1 Å². The molecule has 0 bridgehead atoms. The van der Waals surface area contributed by atoms with E-state index in [1.165, 1.54) is 0 Å². The van der Waals surface area contributed by atoms with Crippen molar-refractivity contribution in [1.29, 1.82) is 0 Å². The van der Waals surface area contributed by atoms with E-state index < -0.39 is 23.3 Å². The number of amides is 1. The van der Waals surface area contributed by atoms with Crippen molar-refractivity contribution < 1.29 is 32.6 Å². The van der Waals surface area contributed by atoms with E-state index >= 15 is 0 Å². The molecule has 42 heavy (non-hydrogen) atoms. The van der Waals surface area contributed by atoms with Gasteiger partial charge in [0.25, 0.3) is 0 Å². The van der Waals surface area contributed by atoms with Gasteiger partial charge in [-0.25, -0.2) is 14.8 Å². The fourth-order valence-electron chi connectivity index (χ4n) is 4.79. The maximum absolute atomic E-state index is 13.7. The SMILES string of the molecule is CC(C)(C)OC(=O)N1CCC(c2ccc(Nc3ncc(C(F)(F)F)c(CCc4ccccc4CC(=O)O)n3)cc2)C1.[LiH]. The number of carbonyl (C=O) groups is 2. The molecule has 3 aromatic rings. The van der Waals surface area contributed by atoms with Crippen LogP contribution in [0.15, 0.2) is 54.7 Å². The summed E-state index contributed by atoms with van der Waals surface area (Å²) >= 11 is 0. The molecule has 1 aromatic heterocycles. The first-order valence-electron chi connectivity index (χ1n) is 13.3. The summed E-state index contributed by atoms with van der Waals surface area (Å²) in [5, 5.41) is 12.1. The first-order valence-corrected chi connectivity index (χ1v) is 13.3. The van der Waals surface area contributed by atoms with E-state index in [2.05, 4.69) is 15.3 Å². The van der Waals surface area contributed by atoms with Crippen molar-refractivity contribution in [1.82, 2.24) is 14.9 Å². The Morgan fingerprint density at radius 1 is 1.05 bits per heavy atom. The van der Waals surface area contributed by atoms with Gasteiger partial charge in [0, 0.05) is 30.9 Å². The second-order valence-corrected chi connectivity index (χ2v) is 11.0. The van der Waals surface area contributed by atoms with Crippen molar-refractivity contribution in [3.05, 3.63) is 82.7 Å². The van der Waals surface area contributed by atoms with E-state index in [0.29, 0.717) is 29.9 Å². The molecule has 4 rings (SSSR count). The second kappa shape index (κ2) is 13.6. The molecule has 12 heteroatoms. The summed E-state index contributed by atoms with van der Waals surface area (Å²) in [7, 11) is 0. The van der Waals surface area contributed by atoms with Crippen molar-refractivity contribution in [2.24, 2.45) is 0 Å². The van der Waals surface area contributed by atoms with Gasteiger partial charge >= 0.3 is 37.1 Å². The van der Waals surface area contributed by atoms with Gasteiger partial charge in [-0.2, -0.15) is 13.2 Å². The summed E-state index contributed by atoms with van der Waals surface area (Å²) in [5.74, 6) is -0.840. The quantitative estimate of drug-likeness (QED) is 0.329. The van der Waals surface area contributed by atoms with Crippen LogP contribution >= 0.6 is 0 Å². The van der Waals surface area contributed by atoms with Crippen molar-refractivity contribution in [3.63, 3.8) is 0 Å². The molecule has 1 fully saturated rings. The number of carboxylic acids is 1. The summed E-state index contributed by atoms with van der Waals surface area (Å²) in [6.07, 6.45) is -3.46. The Balaban J connectivity index is 0.00000484. The van der Waals surface area contributed by atoms with Gasteiger partial charge in [0.1, 0.15) is 5.60 Å². The number of halogens is 3. The van der Waals surface area contributed by atoms with Crippen molar-refractivity contribution in [2.45, 2.75) is 64.1 Å². The number of hydrogen-bond acceptors (Lipinski definition) is 6. The van der Waals surface area contributed by atoms with Crippen LogP contribution in [0.25, 0.3) is 0 Å². The summed E-state index contributed by atoms with van der Waals surface area (Å²) < 4.78 is 46.6. The van der Waals surface area contributed by atoms with Gasteiger partial charge in [-0.3, -0.25) is 4.79 Å². The molecule has 0 radical (unpaired) electrons. The number of aryl methyl sites for hydroxylation is 2. The number of aromatic nitrogens is 2. The zero-order valence-corrected chi connectivity index (χ0v) is 23.2. The third-order valence-electron chi connectivity index (χ3n) is 6.74. The molecular formula is C30H34F3LiN4O4. The van der Waals surface area contributed by atoms with E-state index in [1.807, 2.05) is 32.9 Å². The van der Waals surface area contributed by atoms with E-state index in [4.69, 9.17) is 9.84 Å². The summed E-state index contributed by atoms with van der Waals surface area (Å²) in [5.41, 5.74) is 1.19. The number of likely N-dealkylation sites (tertiary alicyclic amines) is 1. The first kappa shape index (κ1) is 33.0. The van der Waals surface area contributed by atoms with Crippen LogP contribution in [0, 0.1) is 0 Å². The average Bonchev–Trinajstić information content (AvgIpc) is 3.37. The van der Waals surface area contributed by atoms with Gasteiger partial charge in [-0.15, -0.1) is 0 Å². The Kier molecular flexibility index (Phi) is 10.7. The van der Waals surface area contributed by atoms with Gasteiger partial charge in [0.05, 0.1) is 17.7 Å². The molecule has 1 aliphatic rings. The van der Waals surface area contributed by atoms with Crippen LogP contribution < -0.4 is 5.32 Å². The van der Waals surface area contributed by atoms with Gasteiger partial charge in [-0.05, 0) is 68.9 Å². The normalized spacial score (nSPS) is 15.2. The number of nitrogens with zero attached hydrogens (tertiary/aromatic N) is 3. The van der Waals surface area contributed by atoms with Gasteiger partial charge in [-0.1, -0.05) is 36.4 Å². The van der Waals surface area contributed by atoms with E-state index in [-0.39, 0.29) is 61.8 Å². The van der Waals surface area contributed by atoms with E-state index in [1.54, 1.807) is 41.3 Å². The number of aliphatic carboxylic acids is 1. The molecule has 2 heterocycles. The topological polar surface area (TPSA) is 105 Å². The summed E-state index contributed by atoms with van der Waals surface area (Å²) in [4.78, 5) is 33.3. The fourth-order valence-corrected chi connectivity index (χ4v) is 4.79. The Bertz CT molecular complexity index is 1390. The number of alkyl halides is 3. The van der Waals surface area contributed by atoms with Gasteiger partial charge in [0.2, 0.25) is 5.95 Å². The second-order valence-electron chi connectivity index (χ2n) is 11.0. The number of benzene rings is 2.